The summed E-state index contributed by atoms with van der Waals surface area (Å²) < 4.78 is 0.552. The summed E-state index contributed by atoms with van der Waals surface area (Å²) in [7, 11) is 0. The second kappa shape index (κ2) is 6.11. The molecule has 8 heteroatoms. The Bertz CT molecular complexity index is 737. The van der Waals surface area contributed by atoms with E-state index in [4.69, 9.17) is 17.3 Å². The number of carbonyl (C=O) groups is 1. The molecule has 0 unspecified atom stereocenters. The SMILES string of the molecule is Nc1ccc(Br)c(C(=O)Nc2cc([N+](=O)[O-])ccc2Cl)c1. The third-order valence-corrected chi connectivity index (χ3v) is 3.67. The Labute approximate surface area is 133 Å². The predicted molar refractivity (Wildman–Crippen MR) is 84.6 cm³/mol. The average molecular weight is 371 g/mol. The van der Waals surface area contributed by atoms with Gasteiger partial charge in [0.05, 0.1) is 21.2 Å². The number of non-ortho nitro benzene ring substituents is 1. The van der Waals surface area contributed by atoms with Crippen LogP contribution in [0.4, 0.5) is 17.1 Å². The molecule has 0 radical (unpaired) electrons. The van der Waals surface area contributed by atoms with E-state index in [1.54, 1.807) is 12.1 Å². The summed E-state index contributed by atoms with van der Waals surface area (Å²) in [5.41, 5.74) is 6.36. The fraction of sp³-hybridized carbons (Fsp3) is 0. The first kappa shape index (κ1) is 15.3. The van der Waals surface area contributed by atoms with Crippen LogP contribution in [-0.2, 0) is 0 Å². The summed E-state index contributed by atoms with van der Waals surface area (Å²) in [4.78, 5) is 22.4. The average Bonchev–Trinajstić information content (AvgIpc) is 2.43. The normalized spacial score (nSPS) is 10.2. The summed E-state index contributed by atoms with van der Waals surface area (Å²) >= 11 is 9.17. The standard InChI is InChI=1S/C13H9BrClN3O3/c14-10-3-1-7(16)5-9(10)13(19)17-12-6-8(18(20)21)2-4-11(12)15/h1-6H,16H2,(H,17,19). The first-order valence-electron chi connectivity index (χ1n) is 5.69. The summed E-state index contributed by atoms with van der Waals surface area (Å²) in [6.45, 7) is 0. The zero-order valence-corrected chi connectivity index (χ0v) is 12.8. The fourth-order valence-electron chi connectivity index (χ4n) is 1.63. The maximum absolute atomic E-state index is 12.2. The number of anilines is 2. The topological polar surface area (TPSA) is 98.3 Å². The molecule has 0 heterocycles. The molecule has 0 aliphatic rings. The van der Waals surface area contributed by atoms with E-state index in [-0.39, 0.29) is 16.4 Å². The Hall–Kier alpha value is -2.12. The Morgan fingerprint density at radius 3 is 2.67 bits per heavy atom. The number of carbonyl (C=O) groups excluding carboxylic acids is 1. The van der Waals surface area contributed by atoms with Crippen LogP contribution in [0.25, 0.3) is 0 Å². The Morgan fingerprint density at radius 1 is 1.29 bits per heavy atom. The van der Waals surface area contributed by atoms with E-state index >= 15 is 0 Å². The molecule has 0 aromatic heterocycles. The van der Waals surface area contributed by atoms with Crippen molar-refractivity contribution in [3.63, 3.8) is 0 Å². The zero-order chi connectivity index (χ0) is 15.6. The highest BCUT2D eigenvalue weighted by atomic mass is 79.9. The van der Waals surface area contributed by atoms with Gasteiger partial charge in [0.15, 0.2) is 0 Å². The van der Waals surface area contributed by atoms with Crippen LogP contribution in [0.15, 0.2) is 40.9 Å². The number of nitro benzene ring substituents is 1. The highest BCUT2D eigenvalue weighted by Crippen LogP contribution is 2.28. The summed E-state index contributed by atoms with van der Waals surface area (Å²) in [5.74, 6) is -0.475. The number of nitrogens with zero attached hydrogens (tertiary/aromatic N) is 1. The van der Waals surface area contributed by atoms with Gasteiger partial charge in [-0.2, -0.15) is 0 Å². The molecule has 21 heavy (non-hydrogen) atoms. The third kappa shape index (κ3) is 3.50. The molecule has 0 atom stereocenters. The molecule has 6 nitrogen and oxygen atoms in total. The van der Waals surface area contributed by atoms with Crippen LogP contribution < -0.4 is 11.1 Å². The van der Waals surface area contributed by atoms with Crippen LogP contribution in [0.2, 0.25) is 5.02 Å². The minimum absolute atomic E-state index is 0.158. The van der Waals surface area contributed by atoms with Gasteiger partial charge in [0, 0.05) is 22.3 Å². The van der Waals surface area contributed by atoms with Gasteiger partial charge in [-0.25, -0.2) is 0 Å². The minimum atomic E-state index is -0.567. The molecule has 2 aromatic rings. The number of hydrogen-bond donors (Lipinski definition) is 2. The van der Waals surface area contributed by atoms with Crippen LogP contribution in [0.5, 0.6) is 0 Å². The number of halogens is 2. The van der Waals surface area contributed by atoms with Crippen molar-refractivity contribution in [1.82, 2.24) is 0 Å². The third-order valence-electron chi connectivity index (χ3n) is 2.64. The number of hydrogen-bond acceptors (Lipinski definition) is 4. The number of amides is 1. The van der Waals surface area contributed by atoms with Crippen molar-refractivity contribution in [3.8, 4) is 0 Å². The van der Waals surface area contributed by atoms with E-state index in [0.717, 1.165) is 0 Å². The van der Waals surface area contributed by atoms with Crippen molar-refractivity contribution in [2.24, 2.45) is 0 Å². The van der Waals surface area contributed by atoms with E-state index in [1.807, 2.05) is 0 Å². The van der Waals surface area contributed by atoms with Gasteiger partial charge in [0.1, 0.15) is 0 Å². The zero-order valence-electron chi connectivity index (χ0n) is 10.5. The lowest BCUT2D eigenvalue weighted by atomic mass is 10.2. The lowest BCUT2D eigenvalue weighted by molar-refractivity contribution is -0.384. The Morgan fingerprint density at radius 2 is 2.00 bits per heavy atom. The van der Waals surface area contributed by atoms with E-state index in [2.05, 4.69) is 21.2 Å². The molecule has 0 aliphatic heterocycles. The smallest absolute Gasteiger partial charge is 0.271 e. The molecular formula is C13H9BrClN3O3. The molecule has 2 rings (SSSR count). The number of nitrogens with two attached hydrogens (primary N) is 1. The molecule has 0 spiro atoms. The summed E-state index contributed by atoms with van der Waals surface area (Å²) in [6.07, 6.45) is 0. The molecule has 1 amide bonds. The van der Waals surface area contributed by atoms with Gasteiger partial charge in [-0.1, -0.05) is 11.6 Å². The van der Waals surface area contributed by atoms with Gasteiger partial charge >= 0.3 is 0 Å². The quantitative estimate of drug-likeness (QED) is 0.487. The molecule has 0 bridgehead atoms. The molecule has 0 fully saturated rings. The van der Waals surface area contributed by atoms with Gasteiger partial charge in [-0.15, -0.1) is 0 Å². The van der Waals surface area contributed by atoms with Crippen LogP contribution in [0.1, 0.15) is 10.4 Å². The van der Waals surface area contributed by atoms with Gasteiger partial charge in [-0.3, -0.25) is 14.9 Å². The molecule has 108 valence electrons. The van der Waals surface area contributed by atoms with Crippen molar-refractivity contribution in [1.29, 1.82) is 0 Å². The summed E-state index contributed by atoms with van der Waals surface area (Å²) in [6, 6.07) is 8.57. The van der Waals surface area contributed by atoms with Crippen LogP contribution in [0, 0.1) is 10.1 Å². The second-order valence-corrected chi connectivity index (χ2v) is 5.38. The first-order chi connectivity index (χ1) is 9.88. The van der Waals surface area contributed by atoms with E-state index in [0.29, 0.717) is 15.7 Å². The lowest BCUT2D eigenvalue weighted by Gasteiger charge is -2.09. The highest BCUT2D eigenvalue weighted by molar-refractivity contribution is 9.10. The van der Waals surface area contributed by atoms with Crippen molar-refractivity contribution in [3.05, 3.63) is 61.6 Å². The molecule has 0 saturated carbocycles. The lowest BCUT2D eigenvalue weighted by Crippen LogP contribution is -2.13. The van der Waals surface area contributed by atoms with Crippen molar-refractivity contribution in [2.45, 2.75) is 0 Å². The maximum atomic E-state index is 12.2. The van der Waals surface area contributed by atoms with Gasteiger partial charge in [0.2, 0.25) is 0 Å². The largest absolute Gasteiger partial charge is 0.399 e. The number of nitrogens with one attached hydrogen (secondary N) is 1. The van der Waals surface area contributed by atoms with E-state index in [9.17, 15) is 14.9 Å². The van der Waals surface area contributed by atoms with Crippen LogP contribution in [0.3, 0.4) is 0 Å². The number of nitrogen functional groups attached to an aromatic ring is 1. The predicted octanol–water partition coefficient (Wildman–Crippen LogP) is 3.85. The monoisotopic (exact) mass is 369 g/mol. The molecule has 0 saturated heterocycles. The number of nitro groups is 1. The minimum Gasteiger partial charge on any atom is -0.399 e. The highest BCUT2D eigenvalue weighted by Gasteiger charge is 2.15. The van der Waals surface area contributed by atoms with Crippen molar-refractivity contribution >= 4 is 50.5 Å². The molecular weight excluding hydrogens is 362 g/mol. The van der Waals surface area contributed by atoms with Gasteiger partial charge < -0.3 is 11.1 Å². The maximum Gasteiger partial charge on any atom is 0.271 e. The van der Waals surface area contributed by atoms with Crippen LogP contribution >= 0.6 is 27.5 Å². The van der Waals surface area contributed by atoms with Crippen molar-refractivity contribution < 1.29 is 9.72 Å². The number of benzene rings is 2. The number of rotatable bonds is 3. The fourth-order valence-corrected chi connectivity index (χ4v) is 2.22. The Kier molecular flexibility index (Phi) is 4.44. The van der Waals surface area contributed by atoms with Gasteiger partial charge in [0.25, 0.3) is 11.6 Å². The second-order valence-electron chi connectivity index (χ2n) is 4.11. The Balaban J connectivity index is 2.33. The molecule has 2 aromatic carbocycles. The van der Waals surface area contributed by atoms with Crippen molar-refractivity contribution in [2.75, 3.05) is 11.1 Å². The molecule has 3 N–H and O–H groups in total. The summed E-state index contributed by atoms with van der Waals surface area (Å²) in [5, 5.41) is 13.5. The first-order valence-corrected chi connectivity index (χ1v) is 6.86. The van der Waals surface area contributed by atoms with E-state index in [1.165, 1.54) is 24.3 Å². The van der Waals surface area contributed by atoms with E-state index < -0.39 is 10.8 Å². The van der Waals surface area contributed by atoms with Gasteiger partial charge in [-0.05, 0) is 40.2 Å². The molecule has 0 aliphatic carbocycles. The van der Waals surface area contributed by atoms with Crippen LogP contribution in [-0.4, -0.2) is 10.8 Å².